The molecular weight excluding hydrogens is 1030 g/mol. The lowest BCUT2D eigenvalue weighted by Crippen LogP contribution is -2.37. The summed E-state index contributed by atoms with van der Waals surface area (Å²) in [6, 6.07) is 0. The van der Waals surface area contributed by atoms with Crippen molar-refractivity contribution >= 4 is 19.8 Å². The van der Waals surface area contributed by atoms with Crippen molar-refractivity contribution in [2.75, 3.05) is 47.5 Å². The lowest BCUT2D eigenvalue weighted by molar-refractivity contribution is -0.870. The van der Waals surface area contributed by atoms with E-state index in [9.17, 15) is 19.0 Å². The highest BCUT2D eigenvalue weighted by molar-refractivity contribution is 7.47. The molecule has 0 aromatic heterocycles. The summed E-state index contributed by atoms with van der Waals surface area (Å²) in [5.74, 6) is -0.768. The van der Waals surface area contributed by atoms with Crippen LogP contribution in [0.2, 0.25) is 0 Å². The third-order valence-corrected chi connectivity index (χ3v) is 17.9. The summed E-state index contributed by atoms with van der Waals surface area (Å²) in [4.78, 5) is 35.8. The number of quaternary nitrogens is 1. The predicted octanol–water partition coefficient (Wildman–Crippen LogP) is 23.3. The zero-order valence-corrected chi connectivity index (χ0v) is 56.2. The van der Waals surface area contributed by atoms with Crippen molar-refractivity contribution in [3.8, 4) is 0 Å². The maximum Gasteiger partial charge on any atom is 0.472 e. The third kappa shape index (κ3) is 68.0. The smallest absolute Gasteiger partial charge is 0.462 e. The zero-order chi connectivity index (χ0) is 59.1. The first kappa shape index (κ1) is 80.0. The van der Waals surface area contributed by atoms with Crippen molar-refractivity contribution in [1.29, 1.82) is 0 Å². The van der Waals surface area contributed by atoms with E-state index in [0.29, 0.717) is 17.4 Å². The number of carbonyl (C=O) groups is 2. The van der Waals surface area contributed by atoms with Gasteiger partial charge in [0, 0.05) is 12.8 Å². The monoisotopic (exact) mass is 1170 g/mol. The second-order valence-corrected chi connectivity index (χ2v) is 27.8. The van der Waals surface area contributed by atoms with E-state index in [1.165, 1.54) is 327 Å². The van der Waals surface area contributed by atoms with Crippen LogP contribution in [0.4, 0.5) is 0 Å². The van der Waals surface area contributed by atoms with E-state index in [1.807, 2.05) is 21.1 Å². The molecular formula is C71H143NO8P+. The molecule has 0 rings (SSSR count). The molecule has 0 fully saturated rings. The van der Waals surface area contributed by atoms with E-state index in [2.05, 4.69) is 13.8 Å². The minimum atomic E-state index is -4.38. The van der Waals surface area contributed by atoms with Crippen molar-refractivity contribution in [2.24, 2.45) is 0 Å². The second-order valence-electron chi connectivity index (χ2n) is 26.4. The maximum absolute atomic E-state index is 12.9. The summed E-state index contributed by atoms with van der Waals surface area (Å²) in [6.45, 7) is 4.53. The number of nitrogens with zero attached hydrogens (tertiary/aromatic N) is 1. The van der Waals surface area contributed by atoms with Crippen molar-refractivity contribution in [3.63, 3.8) is 0 Å². The van der Waals surface area contributed by atoms with Crippen LogP contribution in [0.1, 0.15) is 393 Å². The van der Waals surface area contributed by atoms with Crippen molar-refractivity contribution in [1.82, 2.24) is 0 Å². The molecule has 10 heteroatoms. The van der Waals surface area contributed by atoms with Gasteiger partial charge in [0.25, 0.3) is 0 Å². The number of phosphoric ester groups is 1. The Labute approximate surface area is 505 Å². The van der Waals surface area contributed by atoms with Crippen LogP contribution in [0.3, 0.4) is 0 Å². The molecule has 81 heavy (non-hydrogen) atoms. The molecule has 1 N–H and O–H groups in total. The van der Waals surface area contributed by atoms with Crippen LogP contribution in [0.5, 0.6) is 0 Å². The second kappa shape index (κ2) is 63.5. The van der Waals surface area contributed by atoms with E-state index in [0.717, 1.165) is 38.5 Å². The lowest BCUT2D eigenvalue weighted by atomic mass is 10.0. The number of carbonyl (C=O) groups excluding carboxylic acids is 2. The highest BCUT2D eigenvalue weighted by Crippen LogP contribution is 2.43. The molecule has 0 amide bonds. The average Bonchev–Trinajstić information content (AvgIpc) is 3.43. The van der Waals surface area contributed by atoms with E-state index in [4.69, 9.17) is 18.5 Å². The minimum Gasteiger partial charge on any atom is -0.462 e. The van der Waals surface area contributed by atoms with Gasteiger partial charge in [-0.3, -0.25) is 18.6 Å². The Morgan fingerprint density at radius 1 is 0.333 bits per heavy atom. The fourth-order valence-electron chi connectivity index (χ4n) is 11.3. The number of unbranched alkanes of at least 4 members (excludes halogenated alkanes) is 55. The summed E-state index contributed by atoms with van der Waals surface area (Å²) < 4.78 is 34.7. The van der Waals surface area contributed by atoms with E-state index >= 15 is 0 Å². The van der Waals surface area contributed by atoms with E-state index in [1.54, 1.807) is 0 Å². The Hall–Kier alpha value is -0.990. The molecule has 0 saturated heterocycles. The number of hydrogen-bond acceptors (Lipinski definition) is 7. The third-order valence-electron chi connectivity index (χ3n) is 16.9. The molecule has 2 unspecified atom stereocenters. The maximum atomic E-state index is 12.9. The molecule has 2 atom stereocenters. The quantitative estimate of drug-likeness (QED) is 0.0278. The number of ether oxygens (including phenoxy) is 2. The first-order chi connectivity index (χ1) is 39.5. The highest BCUT2D eigenvalue weighted by Gasteiger charge is 2.27. The van der Waals surface area contributed by atoms with Crippen molar-refractivity contribution < 1.29 is 42.1 Å². The molecule has 0 aliphatic carbocycles. The van der Waals surface area contributed by atoms with Crippen LogP contribution >= 0.6 is 7.82 Å². The number of hydrogen-bond donors (Lipinski definition) is 1. The van der Waals surface area contributed by atoms with Crippen molar-refractivity contribution in [2.45, 2.75) is 399 Å². The van der Waals surface area contributed by atoms with Gasteiger partial charge in [-0.25, -0.2) is 4.57 Å². The number of rotatable bonds is 69. The summed E-state index contributed by atoms with van der Waals surface area (Å²) in [5.41, 5.74) is 0. The van der Waals surface area contributed by atoms with Gasteiger partial charge in [-0.15, -0.1) is 0 Å². The van der Waals surface area contributed by atoms with Crippen LogP contribution in [0, 0.1) is 0 Å². The lowest BCUT2D eigenvalue weighted by Gasteiger charge is -2.24. The predicted molar refractivity (Wildman–Crippen MR) is 349 cm³/mol. The molecule has 0 heterocycles. The van der Waals surface area contributed by atoms with Gasteiger partial charge in [-0.2, -0.15) is 0 Å². The topological polar surface area (TPSA) is 108 Å². The van der Waals surface area contributed by atoms with Crippen LogP contribution in [-0.4, -0.2) is 74.9 Å². The largest absolute Gasteiger partial charge is 0.472 e. The van der Waals surface area contributed by atoms with Gasteiger partial charge in [-0.1, -0.05) is 367 Å². The molecule has 9 nitrogen and oxygen atoms in total. The van der Waals surface area contributed by atoms with E-state index in [-0.39, 0.29) is 25.6 Å². The van der Waals surface area contributed by atoms with Crippen LogP contribution < -0.4 is 0 Å². The SMILES string of the molecule is CCCCCCCCCCCCCCCCCCCCCCCCCCCCCCCCCCCCCCCC(=O)OC(COC(=O)CCCCCCCCCCCCCCCCCCCCCC)COP(=O)(O)OCC[N+](C)(C)C. The molecule has 0 aromatic carbocycles. The molecule has 0 aliphatic rings. The number of phosphoric acid groups is 1. The van der Waals surface area contributed by atoms with E-state index < -0.39 is 26.5 Å². The van der Waals surface area contributed by atoms with Crippen molar-refractivity contribution in [3.05, 3.63) is 0 Å². The Morgan fingerprint density at radius 2 is 0.556 bits per heavy atom. The standard InChI is InChI=1S/C71H142NO8P/c1-6-8-10-12-14-16-18-20-22-24-26-28-29-30-31-32-33-34-35-36-37-38-39-40-41-42-43-44-46-48-50-52-54-56-58-60-62-64-71(74)80-69(68-79-81(75,76)78-66-65-72(3,4)5)67-77-70(73)63-61-59-57-55-53-51-49-47-45-27-25-23-21-19-17-15-13-11-9-7-2/h69H,6-68H2,1-5H3/p+1. The zero-order valence-electron chi connectivity index (χ0n) is 55.3. The van der Waals surface area contributed by atoms with Crippen LogP contribution in [-0.2, 0) is 32.7 Å². The molecule has 0 aromatic rings. The number of esters is 2. The first-order valence-electron chi connectivity index (χ1n) is 36.3. The summed E-state index contributed by atoms with van der Waals surface area (Å²) in [6.07, 6.45) is 76.6. The summed E-state index contributed by atoms with van der Waals surface area (Å²) in [5, 5.41) is 0. The Kier molecular flexibility index (Phi) is 62.7. The fraction of sp³-hybridized carbons (Fsp3) is 0.972. The van der Waals surface area contributed by atoms with Gasteiger partial charge < -0.3 is 18.9 Å². The van der Waals surface area contributed by atoms with Gasteiger partial charge in [-0.05, 0) is 12.8 Å². The van der Waals surface area contributed by atoms with Gasteiger partial charge >= 0.3 is 19.8 Å². The van der Waals surface area contributed by atoms with Gasteiger partial charge in [0.05, 0.1) is 27.7 Å². The minimum absolute atomic E-state index is 0.0377. The molecule has 0 aliphatic heterocycles. The normalized spacial score (nSPS) is 13.0. The molecule has 484 valence electrons. The molecule has 0 saturated carbocycles. The Morgan fingerprint density at radius 3 is 0.790 bits per heavy atom. The van der Waals surface area contributed by atoms with Gasteiger partial charge in [0.15, 0.2) is 6.10 Å². The Balaban J connectivity index is 3.88. The summed E-state index contributed by atoms with van der Waals surface area (Å²) >= 11 is 0. The molecule has 0 bridgehead atoms. The molecule has 0 spiro atoms. The average molecular weight is 1170 g/mol. The van der Waals surface area contributed by atoms with Crippen LogP contribution in [0.25, 0.3) is 0 Å². The highest BCUT2D eigenvalue weighted by atomic mass is 31.2. The van der Waals surface area contributed by atoms with Gasteiger partial charge in [0.2, 0.25) is 0 Å². The first-order valence-corrected chi connectivity index (χ1v) is 37.8. The molecule has 0 radical (unpaired) electrons. The number of likely N-dealkylation sites (N-methyl/N-ethyl adjacent to an activating group) is 1. The van der Waals surface area contributed by atoms with Crippen LogP contribution in [0.15, 0.2) is 0 Å². The Bertz CT molecular complexity index is 1330. The summed E-state index contributed by atoms with van der Waals surface area (Å²) in [7, 11) is 1.51. The van der Waals surface area contributed by atoms with Gasteiger partial charge in [0.1, 0.15) is 19.8 Å². The fourth-order valence-corrected chi connectivity index (χ4v) is 12.1.